The zero-order valence-corrected chi connectivity index (χ0v) is 14.4. The molecule has 3 N–H and O–H groups in total. The first-order valence-electron chi connectivity index (χ1n) is 8.23. The maximum absolute atomic E-state index is 11.7. The molecule has 2 aliphatic heterocycles. The van der Waals surface area contributed by atoms with Crippen LogP contribution in [0.25, 0.3) is 0 Å². The number of carbonyl (C=O) groups is 1. The van der Waals surface area contributed by atoms with Crippen molar-refractivity contribution < 1.29 is 15.0 Å². The topological polar surface area (TPSA) is 85.2 Å². The average Bonchev–Trinajstić information content (AvgIpc) is 3.01. The number of fused-ring (bicyclic) bond motifs is 1. The van der Waals surface area contributed by atoms with Crippen LogP contribution < -0.4 is 5.32 Å². The zero-order valence-electron chi connectivity index (χ0n) is 13.6. The number of carbonyl (C=O) groups excluding carboxylic acids is 1. The molecule has 7 heteroatoms. The van der Waals surface area contributed by atoms with E-state index in [1.54, 1.807) is 18.7 Å². The van der Waals surface area contributed by atoms with E-state index in [1.807, 2.05) is 35.2 Å². The number of hydrogen-bond donors (Lipinski definition) is 3. The summed E-state index contributed by atoms with van der Waals surface area (Å²) >= 11 is 1.59. The van der Waals surface area contributed by atoms with E-state index in [2.05, 4.69) is 10.3 Å². The third kappa shape index (κ3) is 3.58. The van der Waals surface area contributed by atoms with E-state index in [0.717, 1.165) is 10.7 Å². The van der Waals surface area contributed by atoms with Crippen molar-refractivity contribution in [2.45, 2.75) is 44.2 Å². The van der Waals surface area contributed by atoms with Crippen molar-refractivity contribution in [3.05, 3.63) is 35.9 Å². The van der Waals surface area contributed by atoms with Crippen molar-refractivity contribution >= 4 is 22.8 Å². The van der Waals surface area contributed by atoms with Gasteiger partial charge in [0.15, 0.2) is 5.17 Å². The number of nitrogens with zero attached hydrogens (tertiary/aromatic N) is 2. The Morgan fingerprint density at radius 3 is 2.79 bits per heavy atom. The molecular formula is C17H23N3O3S. The Morgan fingerprint density at radius 2 is 2.08 bits per heavy atom. The van der Waals surface area contributed by atoms with Crippen LogP contribution in [-0.2, 0) is 11.3 Å². The molecule has 1 aromatic carbocycles. The molecule has 2 saturated heterocycles. The van der Waals surface area contributed by atoms with Gasteiger partial charge in [-0.25, -0.2) is 0 Å². The van der Waals surface area contributed by atoms with Gasteiger partial charge >= 0.3 is 0 Å². The van der Waals surface area contributed by atoms with Crippen molar-refractivity contribution in [3.63, 3.8) is 0 Å². The summed E-state index contributed by atoms with van der Waals surface area (Å²) in [5.41, 5.74) is 1.13. The normalized spacial score (nSPS) is 31.1. The first kappa shape index (κ1) is 17.3. The second kappa shape index (κ2) is 7.55. The van der Waals surface area contributed by atoms with Gasteiger partial charge in [-0.05, 0) is 5.56 Å². The Balaban J connectivity index is 1.72. The van der Waals surface area contributed by atoms with Crippen LogP contribution in [0.3, 0.4) is 0 Å². The Morgan fingerprint density at radius 1 is 1.33 bits per heavy atom. The minimum absolute atomic E-state index is 0.126. The van der Waals surface area contributed by atoms with Crippen LogP contribution in [0, 0.1) is 0 Å². The molecule has 130 valence electrons. The summed E-state index contributed by atoms with van der Waals surface area (Å²) in [4.78, 5) is 18.3. The summed E-state index contributed by atoms with van der Waals surface area (Å²) in [6, 6.07) is 9.36. The van der Waals surface area contributed by atoms with E-state index in [-0.39, 0.29) is 11.9 Å². The lowest BCUT2D eigenvalue weighted by molar-refractivity contribution is -0.125. The van der Waals surface area contributed by atoms with E-state index >= 15 is 0 Å². The van der Waals surface area contributed by atoms with Crippen molar-refractivity contribution in [1.82, 2.24) is 10.2 Å². The summed E-state index contributed by atoms with van der Waals surface area (Å²) in [7, 11) is 0. The van der Waals surface area contributed by atoms with Crippen LogP contribution in [0.2, 0.25) is 0 Å². The van der Waals surface area contributed by atoms with E-state index in [9.17, 15) is 15.0 Å². The third-order valence-corrected chi connectivity index (χ3v) is 5.62. The second-order valence-electron chi connectivity index (χ2n) is 6.12. The summed E-state index contributed by atoms with van der Waals surface area (Å²) in [6.45, 7) is 2.81. The molecule has 0 bridgehead atoms. The molecule has 0 saturated carbocycles. The quantitative estimate of drug-likeness (QED) is 0.741. The van der Waals surface area contributed by atoms with Gasteiger partial charge in [0, 0.05) is 18.7 Å². The van der Waals surface area contributed by atoms with Crippen LogP contribution in [0.15, 0.2) is 35.3 Å². The molecule has 2 heterocycles. The van der Waals surface area contributed by atoms with Gasteiger partial charge in [0.25, 0.3) is 0 Å². The van der Waals surface area contributed by atoms with Gasteiger partial charge in [0.1, 0.15) is 12.2 Å². The number of aliphatic imine (C=N–C) groups is 1. The van der Waals surface area contributed by atoms with Crippen LogP contribution in [0.4, 0.5) is 0 Å². The number of aliphatic hydroxyl groups excluding tert-OH is 2. The summed E-state index contributed by atoms with van der Waals surface area (Å²) in [6.07, 6.45) is -1.49. The summed E-state index contributed by atoms with van der Waals surface area (Å²) in [5, 5.41) is 24.3. The van der Waals surface area contributed by atoms with Crippen molar-refractivity contribution in [2.75, 3.05) is 12.3 Å². The molecule has 24 heavy (non-hydrogen) atoms. The number of thioether (sulfide) groups is 1. The Hall–Kier alpha value is -1.57. The largest absolute Gasteiger partial charge is 0.388 e. The number of rotatable bonds is 4. The molecule has 0 unspecified atom stereocenters. The number of hydrogen-bond acceptors (Lipinski definition) is 5. The summed E-state index contributed by atoms with van der Waals surface area (Å²) < 4.78 is 0. The predicted octanol–water partition coefficient (Wildman–Crippen LogP) is 0.590. The Bertz CT molecular complexity index is 610. The van der Waals surface area contributed by atoms with Crippen LogP contribution in [-0.4, -0.2) is 62.8 Å². The highest BCUT2D eigenvalue weighted by molar-refractivity contribution is 8.14. The van der Waals surface area contributed by atoms with Crippen molar-refractivity contribution in [2.24, 2.45) is 4.99 Å². The number of amides is 1. The number of amidine groups is 1. The second-order valence-corrected chi connectivity index (χ2v) is 7.11. The molecule has 3 rings (SSSR count). The van der Waals surface area contributed by atoms with Gasteiger partial charge in [-0.15, -0.1) is 0 Å². The Kier molecular flexibility index (Phi) is 5.43. The van der Waals surface area contributed by atoms with Crippen LogP contribution >= 0.6 is 11.8 Å². The molecule has 0 aliphatic carbocycles. The molecule has 1 aromatic rings. The van der Waals surface area contributed by atoms with Gasteiger partial charge in [0.2, 0.25) is 5.91 Å². The average molecular weight is 349 g/mol. The van der Waals surface area contributed by atoms with Crippen LogP contribution in [0.1, 0.15) is 18.9 Å². The van der Waals surface area contributed by atoms with Gasteiger partial charge in [0.05, 0.1) is 18.6 Å². The fourth-order valence-corrected chi connectivity index (χ4v) is 4.30. The van der Waals surface area contributed by atoms with Gasteiger partial charge < -0.3 is 20.4 Å². The SMILES string of the molecule is CCC(=O)N[C@H]1CN2C(=NCc3ccccc3)SC[C@@H]2[C@@H](O)[C@@H]1O. The van der Waals surface area contributed by atoms with E-state index < -0.39 is 18.2 Å². The summed E-state index contributed by atoms with van der Waals surface area (Å²) in [5.74, 6) is 0.569. The van der Waals surface area contributed by atoms with Gasteiger partial charge in [-0.1, -0.05) is 49.0 Å². The molecular weight excluding hydrogens is 326 g/mol. The number of benzene rings is 1. The number of aliphatic hydroxyl groups is 2. The van der Waals surface area contributed by atoms with Crippen molar-refractivity contribution in [3.8, 4) is 0 Å². The molecule has 2 fully saturated rings. The molecule has 0 radical (unpaired) electrons. The molecule has 0 aromatic heterocycles. The van der Waals surface area contributed by atoms with Crippen molar-refractivity contribution in [1.29, 1.82) is 0 Å². The van der Waals surface area contributed by atoms with Gasteiger partial charge in [-0.2, -0.15) is 0 Å². The predicted molar refractivity (Wildman–Crippen MR) is 94.8 cm³/mol. The third-order valence-electron chi connectivity index (χ3n) is 4.49. The maximum atomic E-state index is 11.7. The standard InChI is InChI=1S/C17H23N3O3S/c1-2-14(21)19-12-9-20-13(16(23)15(12)22)10-24-17(20)18-8-11-6-4-3-5-7-11/h3-7,12-13,15-16,22-23H,2,8-10H2,1H3,(H,19,21)/t12-,13+,15+,16+/m0/s1. The lowest BCUT2D eigenvalue weighted by Gasteiger charge is -2.42. The minimum atomic E-state index is -0.948. The maximum Gasteiger partial charge on any atom is 0.220 e. The zero-order chi connectivity index (χ0) is 17.1. The Labute approximate surface area is 146 Å². The van der Waals surface area contributed by atoms with E-state index in [0.29, 0.717) is 25.3 Å². The van der Waals surface area contributed by atoms with E-state index in [4.69, 9.17) is 0 Å². The lowest BCUT2D eigenvalue weighted by Crippen LogP contribution is -2.65. The molecule has 1 amide bonds. The molecule has 6 nitrogen and oxygen atoms in total. The number of nitrogens with one attached hydrogen (secondary N) is 1. The fraction of sp³-hybridized carbons (Fsp3) is 0.529. The number of piperidine rings is 1. The fourth-order valence-electron chi connectivity index (χ4n) is 3.08. The molecule has 4 atom stereocenters. The lowest BCUT2D eigenvalue weighted by atomic mass is 9.93. The van der Waals surface area contributed by atoms with E-state index in [1.165, 1.54) is 0 Å². The highest BCUT2D eigenvalue weighted by Gasteiger charge is 2.46. The van der Waals surface area contributed by atoms with Crippen LogP contribution in [0.5, 0.6) is 0 Å². The first-order valence-corrected chi connectivity index (χ1v) is 9.22. The molecule has 2 aliphatic rings. The highest BCUT2D eigenvalue weighted by atomic mass is 32.2. The highest BCUT2D eigenvalue weighted by Crippen LogP contribution is 2.32. The minimum Gasteiger partial charge on any atom is -0.388 e. The first-order chi connectivity index (χ1) is 11.6. The smallest absolute Gasteiger partial charge is 0.220 e. The van der Waals surface area contributed by atoms with Gasteiger partial charge in [-0.3, -0.25) is 9.79 Å². The monoisotopic (exact) mass is 349 g/mol. The molecule has 0 spiro atoms.